The average Bonchev–Trinajstić information content (AvgIpc) is 2.03. The van der Waals surface area contributed by atoms with Crippen LogP contribution < -0.4 is 0 Å². The van der Waals surface area contributed by atoms with Crippen LogP contribution in [0.5, 0.6) is 0 Å². The van der Waals surface area contributed by atoms with E-state index >= 15 is 0 Å². The van der Waals surface area contributed by atoms with Crippen LogP contribution >= 0.6 is 12.4 Å². The lowest BCUT2D eigenvalue weighted by atomic mass is 10.7. The number of ether oxygens (including phenoxy) is 1. The smallest absolute Gasteiger partial charge is 0.329 e. The van der Waals surface area contributed by atoms with Crippen molar-refractivity contribution in [2.45, 2.75) is 0 Å². The largest absolute Gasteiger partial charge is 0.466 e. The molecule has 0 fully saturated rings. The number of halogens is 1. The van der Waals surface area contributed by atoms with E-state index in [-0.39, 0.29) is 12.4 Å². The topological polar surface area (TPSA) is 50.1 Å². The Morgan fingerprint density at radius 3 is 2.00 bits per heavy atom. The van der Waals surface area contributed by atoms with Crippen molar-refractivity contribution in [3.8, 4) is 6.07 Å². The number of esters is 1. The zero-order chi connectivity index (χ0) is 8.41. The second-order valence-electron chi connectivity index (χ2n) is 1.06. The van der Waals surface area contributed by atoms with Crippen molar-refractivity contribution in [2.24, 2.45) is 0 Å². The third kappa shape index (κ3) is 28.4. The summed E-state index contributed by atoms with van der Waals surface area (Å²) < 4.78 is 4.14. The molecule has 0 atom stereocenters. The molecule has 0 heterocycles. The molecule has 3 nitrogen and oxygen atoms in total. The third-order valence-electron chi connectivity index (χ3n) is 0.459. The second kappa shape index (κ2) is 15.9. The fraction of sp³-hybridized carbons (Fsp3) is 0.143. The molecule has 0 aromatic rings. The Labute approximate surface area is 72.4 Å². The number of allylic oxidation sites excluding steroid dienone is 1. The van der Waals surface area contributed by atoms with Crippen molar-refractivity contribution in [3.05, 3.63) is 25.3 Å². The lowest BCUT2D eigenvalue weighted by Crippen LogP contribution is -1.91. The summed E-state index contributed by atoms with van der Waals surface area (Å²) >= 11 is 0. The number of nitriles is 1. The molecule has 0 aromatic carbocycles. The Kier molecular flexibility index (Phi) is 23.6. The van der Waals surface area contributed by atoms with Gasteiger partial charge in [-0.2, -0.15) is 5.26 Å². The van der Waals surface area contributed by atoms with Gasteiger partial charge in [-0.05, 0) is 0 Å². The van der Waals surface area contributed by atoms with Crippen molar-refractivity contribution >= 4 is 18.4 Å². The van der Waals surface area contributed by atoms with E-state index in [9.17, 15) is 4.79 Å². The number of carbonyl (C=O) groups excluding carboxylic acids is 1. The van der Waals surface area contributed by atoms with Gasteiger partial charge in [-0.1, -0.05) is 13.2 Å². The quantitative estimate of drug-likeness (QED) is 0.345. The second-order valence-corrected chi connectivity index (χ2v) is 1.06. The van der Waals surface area contributed by atoms with Gasteiger partial charge in [0.05, 0.1) is 13.2 Å². The molecule has 0 aliphatic carbocycles. The van der Waals surface area contributed by atoms with Crippen LogP contribution in [0.1, 0.15) is 0 Å². The molecule has 0 aliphatic rings. The zero-order valence-corrected chi connectivity index (χ0v) is 7.06. The summed E-state index contributed by atoms with van der Waals surface area (Å²) in [6.45, 7) is 6.27. The van der Waals surface area contributed by atoms with Crippen molar-refractivity contribution in [2.75, 3.05) is 7.11 Å². The fourth-order valence-electron chi connectivity index (χ4n) is 0.0833. The highest BCUT2D eigenvalue weighted by atomic mass is 35.5. The normalized spacial score (nSPS) is 5.09. The van der Waals surface area contributed by atoms with E-state index in [2.05, 4.69) is 17.9 Å². The summed E-state index contributed by atoms with van der Waals surface area (Å²) in [4.78, 5) is 9.84. The molecular weight excluding hydrogens is 166 g/mol. The molecule has 0 unspecified atom stereocenters. The van der Waals surface area contributed by atoms with Gasteiger partial charge in [0.1, 0.15) is 0 Å². The third-order valence-corrected chi connectivity index (χ3v) is 0.459. The monoisotopic (exact) mass is 175 g/mol. The molecule has 11 heavy (non-hydrogen) atoms. The summed E-state index contributed by atoms with van der Waals surface area (Å²) in [6.07, 6.45) is 2.29. The maximum absolute atomic E-state index is 9.84. The highest BCUT2D eigenvalue weighted by molar-refractivity contribution is 5.85. The van der Waals surface area contributed by atoms with Crippen LogP contribution in [0.2, 0.25) is 0 Å². The summed E-state index contributed by atoms with van der Waals surface area (Å²) in [5.41, 5.74) is 0. The van der Waals surface area contributed by atoms with E-state index in [1.54, 1.807) is 6.07 Å². The van der Waals surface area contributed by atoms with Gasteiger partial charge in [-0.3, -0.25) is 0 Å². The van der Waals surface area contributed by atoms with Crippen LogP contribution in [0.3, 0.4) is 0 Å². The van der Waals surface area contributed by atoms with Gasteiger partial charge in [0.15, 0.2) is 0 Å². The number of rotatable bonds is 1. The first-order chi connectivity index (χ1) is 4.72. The van der Waals surface area contributed by atoms with E-state index in [0.29, 0.717) is 0 Å². The maximum atomic E-state index is 9.84. The minimum Gasteiger partial charge on any atom is -0.466 e. The standard InChI is InChI=1S/C4H6O2.C3H3N.ClH/c1-3-4(5)6-2;1-2-3-4;/h3H,1H2,2H3;2H,1H2;1H. The predicted molar refractivity (Wildman–Crippen MR) is 45.3 cm³/mol. The van der Waals surface area contributed by atoms with Crippen molar-refractivity contribution in [3.63, 3.8) is 0 Å². The minimum absolute atomic E-state index is 0. The molecule has 4 heteroatoms. The first kappa shape index (κ1) is 16.4. The zero-order valence-electron chi connectivity index (χ0n) is 6.24. The molecule has 0 saturated carbocycles. The Morgan fingerprint density at radius 2 is 2.00 bits per heavy atom. The van der Waals surface area contributed by atoms with Crippen molar-refractivity contribution in [1.29, 1.82) is 5.26 Å². The van der Waals surface area contributed by atoms with Gasteiger partial charge in [0.2, 0.25) is 0 Å². The minimum atomic E-state index is -0.394. The van der Waals surface area contributed by atoms with Crippen LogP contribution in [0.15, 0.2) is 25.3 Å². The summed E-state index contributed by atoms with van der Waals surface area (Å²) in [6, 6.07) is 1.69. The number of hydrogen-bond donors (Lipinski definition) is 0. The van der Waals surface area contributed by atoms with Crippen LogP contribution in [0, 0.1) is 11.3 Å². The predicted octanol–water partition coefficient (Wildman–Crippen LogP) is 1.46. The van der Waals surface area contributed by atoms with E-state index in [4.69, 9.17) is 5.26 Å². The van der Waals surface area contributed by atoms with E-state index in [1.165, 1.54) is 13.2 Å². The van der Waals surface area contributed by atoms with Gasteiger partial charge in [-0.25, -0.2) is 4.79 Å². The van der Waals surface area contributed by atoms with Crippen LogP contribution in [0.25, 0.3) is 0 Å². The van der Waals surface area contributed by atoms with Gasteiger partial charge in [0, 0.05) is 12.2 Å². The van der Waals surface area contributed by atoms with E-state index in [0.717, 1.165) is 6.08 Å². The summed E-state index contributed by atoms with van der Waals surface area (Å²) in [5.74, 6) is -0.394. The number of hydrogen-bond acceptors (Lipinski definition) is 3. The Hall–Kier alpha value is -1.27. The van der Waals surface area contributed by atoms with Crippen molar-refractivity contribution < 1.29 is 9.53 Å². The number of nitrogens with zero attached hydrogens (tertiary/aromatic N) is 1. The van der Waals surface area contributed by atoms with Gasteiger partial charge >= 0.3 is 5.97 Å². The van der Waals surface area contributed by atoms with E-state index < -0.39 is 5.97 Å². The maximum Gasteiger partial charge on any atom is 0.329 e. The van der Waals surface area contributed by atoms with Gasteiger partial charge in [0.25, 0.3) is 0 Å². The van der Waals surface area contributed by atoms with Crippen LogP contribution in [0.4, 0.5) is 0 Å². The molecule has 0 spiro atoms. The first-order valence-corrected chi connectivity index (χ1v) is 2.43. The molecular formula is C7H10ClNO2. The molecule has 0 rings (SSSR count). The highest BCUT2D eigenvalue weighted by Gasteiger charge is 1.81. The van der Waals surface area contributed by atoms with Crippen LogP contribution in [-0.4, -0.2) is 13.1 Å². The Morgan fingerprint density at radius 1 is 1.64 bits per heavy atom. The van der Waals surface area contributed by atoms with Crippen molar-refractivity contribution in [1.82, 2.24) is 0 Å². The van der Waals surface area contributed by atoms with Crippen LogP contribution in [-0.2, 0) is 9.53 Å². The van der Waals surface area contributed by atoms with E-state index in [1.807, 2.05) is 0 Å². The highest BCUT2D eigenvalue weighted by Crippen LogP contribution is 1.67. The lowest BCUT2D eigenvalue weighted by Gasteiger charge is -1.83. The van der Waals surface area contributed by atoms with Gasteiger partial charge in [-0.15, -0.1) is 12.4 Å². The first-order valence-electron chi connectivity index (χ1n) is 2.43. The van der Waals surface area contributed by atoms with Gasteiger partial charge < -0.3 is 4.74 Å². The number of carbonyl (C=O) groups is 1. The summed E-state index contributed by atoms with van der Waals surface area (Å²) in [7, 11) is 1.31. The Balaban J connectivity index is -0.000000114. The molecule has 0 bridgehead atoms. The lowest BCUT2D eigenvalue weighted by molar-refractivity contribution is -0.134. The summed E-state index contributed by atoms with van der Waals surface area (Å²) in [5, 5.41) is 7.51. The number of methoxy groups -OCH3 is 1. The Bertz CT molecular complexity index is 160. The molecule has 0 radical (unpaired) electrons. The molecule has 0 aliphatic heterocycles. The molecule has 0 amide bonds. The SMILES string of the molecule is C=CC#N.C=CC(=O)OC.Cl. The average molecular weight is 176 g/mol. The fourth-order valence-corrected chi connectivity index (χ4v) is 0.0833. The molecule has 0 saturated heterocycles. The molecule has 0 N–H and O–H groups in total. The molecule has 0 aromatic heterocycles. The molecule has 62 valence electrons.